The van der Waals surface area contributed by atoms with Gasteiger partial charge < -0.3 is 14.5 Å². The summed E-state index contributed by atoms with van der Waals surface area (Å²) in [5, 5.41) is 0. The molecule has 1 heterocycles. The van der Waals surface area contributed by atoms with Crippen LogP contribution in [0.2, 0.25) is 0 Å². The van der Waals surface area contributed by atoms with Crippen LogP contribution in [0.15, 0.2) is 24.3 Å². The predicted molar refractivity (Wildman–Crippen MR) is 117 cm³/mol. The highest BCUT2D eigenvalue weighted by atomic mass is 16.5. The average Bonchev–Trinajstić information content (AvgIpc) is 2.72. The highest BCUT2D eigenvalue weighted by molar-refractivity contribution is 5.96. The fourth-order valence-corrected chi connectivity index (χ4v) is 4.06. The van der Waals surface area contributed by atoms with Gasteiger partial charge in [0, 0.05) is 25.6 Å². The average molecular weight is 403 g/mol. The third kappa shape index (κ3) is 5.74. The maximum atomic E-state index is 13.3. The minimum Gasteiger partial charge on any atom is -0.491 e. The Balaban J connectivity index is 2.37. The van der Waals surface area contributed by atoms with E-state index < -0.39 is 0 Å². The van der Waals surface area contributed by atoms with Crippen LogP contribution >= 0.6 is 0 Å². The van der Waals surface area contributed by atoms with Crippen LogP contribution in [-0.2, 0) is 4.79 Å². The van der Waals surface area contributed by atoms with Crippen molar-refractivity contribution in [1.82, 2.24) is 9.80 Å². The predicted octanol–water partition coefficient (Wildman–Crippen LogP) is 4.61. The van der Waals surface area contributed by atoms with Gasteiger partial charge in [-0.05, 0) is 50.7 Å². The standard InChI is InChI=1S/C24H38N2O3/c1-6-19(7-2)23(27)26-16-12-11-15-25(8-3)24(28)20-13-9-10-14-22(20)29-17-21(26)18(4)5/h9-10,13-14,18-19,21H,6-8,11-12,15-17H2,1-5H3/t21-/m1/s1. The number of amides is 2. The number of ether oxygens (including phenoxy) is 1. The number of para-hydroxylation sites is 1. The molecule has 0 aromatic heterocycles. The Hall–Kier alpha value is -2.04. The summed E-state index contributed by atoms with van der Waals surface area (Å²) in [6.07, 6.45) is 3.50. The first kappa shape index (κ1) is 23.2. The summed E-state index contributed by atoms with van der Waals surface area (Å²) < 4.78 is 6.18. The van der Waals surface area contributed by atoms with Crippen LogP contribution in [0.3, 0.4) is 0 Å². The largest absolute Gasteiger partial charge is 0.491 e. The van der Waals surface area contributed by atoms with Crippen LogP contribution in [-0.4, -0.2) is 53.9 Å². The summed E-state index contributed by atoms with van der Waals surface area (Å²) >= 11 is 0. The van der Waals surface area contributed by atoms with Crippen LogP contribution in [0, 0.1) is 11.8 Å². The van der Waals surface area contributed by atoms with Crippen LogP contribution in [0.25, 0.3) is 0 Å². The van der Waals surface area contributed by atoms with Crippen molar-refractivity contribution in [2.24, 2.45) is 11.8 Å². The molecular weight excluding hydrogens is 364 g/mol. The lowest BCUT2D eigenvalue weighted by Gasteiger charge is -2.37. The molecule has 0 fully saturated rings. The monoisotopic (exact) mass is 402 g/mol. The molecule has 0 bridgehead atoms. The van der Waals surface area contributed by atoms with Crippen LogP contribution < -0.4 is 4.74 Å². The van der Waals surface area contributed by atoms with Crippen molar-refractivity contribution in [3.05, 3.63) is 29.8 Å². The molecule has 0 saturated carbocycles. The molecule has 0 N–H and O–H groups in total. The molecule has 0 radical (unpaired) electrons. The zero-order valence-corrected chi connectivity index (χ0v) is 18.8. The summed E-state index contributed by atoms with van der Waals surface area (Å²) in [7, 11) is 0. The van der Waals surface area contributed by atoms with E-state index in [2.05, 4.69) is 32.6 Å². The molecule has 1 aliphatic heterocycles. The Morgan fingerprint density at radius 3 is 2.38 bits per heavy atom. The van der Waals surface area contributed by atoms with Gasteiger partial charge in [-0.15, -0.1) is 0 Å². The number of carbonyl (C=O) groups excluding carboxylic acids is 2. The molecule has 29 heavy (non-hydrogen) atoms. The zero-order valence-electron chi connectivity index (χ0n) is 18.8. The lowest BCUT2D eigenvalue weighted by molar-refractivity contribution is -0.140. The maximum Gasteiger partial charge on any atom is 0.257 e. The Morgan fingerprint density at radius 1 is 1.10 bits per heavy atom. The van der Waals surface area contributed by atoms with Crippen molar-refractivity contribution in [3.63, 3.8) is 0 Å². The summed E-state index contributed by atoms with van der Waals surface area (Å²) in [5.41, 5.74) is 0.607. The van der Waals surface area contributed by atoms with Gasteiger partial charge in [0.05, 0.1) is 11.6 Å². The van der Waals surface area contributed by atoms with E-state index in [0.29, 0.717) is 31.0 Å². The van der Waals surface area contributed by atoms with Crippen molar-refractivity contribution in [2.45, 2.75) is 66.3 Å². The zero-order chi connectivity index (χ0) is 21.4. The van der Waals surface area contributed by atoms with Crippen molar-refractivity contribution < 1.29 is 14.3 Å². The number of carbonyl (C=O) groups is 2. The molecule has 5 heteroatoms. The second kappa shape index (κ2) is 11.2. The number of hydrogen-bond donors (Lipinski definition) is 0. The van der Waals surface area contributed by atoms with Gasteiger partial charge in [-0.25, -0.2) is 0 Å². The quantitative estimate of drug-likeness (QED) is 0.723. The topological polar surface area (TPSA) is 49.9 Å². The highest BCUT2D eigenvalue weighted by Crippen LogP contribution is 2.25. The fourth-order valence-electron chi connectivity index (χ4n) is 4.06. The second-order valence-corrected chi connectivity index (χ2v) is 8.26. The van der Waals surface area contributed by atoms with E-state index in [-0.39, 0.29) is 29.7 Å². The van der Waals surface area contributed by atoms with Gasteiger partial charge in [0.2, 0.25) is 5.91 Å². The van der Waals surface area contributed by atoms with Gasteiger partial charge in [0.1, 0.15) is 12.4 Å². The Bertz CT molecular complexity index is 670. The lowest BCUT2D eigenvalue weighted by atomic mass is 9.96. The van der Waals surface area contributed by atoms with Crippen LogP contribution in [0.4, 0.5) is 0 Å². The number of nitrogens with zero attached hydrogens (tertiary/aromatic N) is 2. The molecule has 2 amide bonds. The molecule has 5 nitrogen and oxygen atoms in total. The molecule has 1 aromatic rings. The normalized spacial score (nSPS) is 18.9. The highest BCUT2D eigenvalue weighted by Gasteiger charge is 2.31. The molecular formula is C24H38N2O3. The maximum absolute atomic E-state index is 13.3. The van der Waals surface area contributed by atoms with E-state index in [0.717, 1.165) is 32.2 Å². The smallest absolute Gasteiger partial charge is 0.257 e. The van der Waals surface area contributed by atoms with E-state index in [4.69, 9.17) is 4.74 Å². The number of benzene rings is 1. The van der Waals surface area contributed by atoms with Gasteiger partial charge in [-0.2, -0.15) is 0 Å². The van der Waals surface area contributed by atoms with Crippen molar-refractivity contribution in [1.29, 1.82) is 0 Å². The van der Waals surface area contributed by atoms with E-state index in [9.17, 15) is 9.59 Å². The molecule has 1 aliphatic rings. The Kier molecular flexibility index (Phi) is 8.99. The molecule has 2 rings (SSSR count). The minimum atomic E-state index is -0.00652. The Labute approximate surface area is 176 Å². The first-order valence-corrected chi connectivity index (χ1v) is 11.3. The van der Waals surface area contributed by atoms with E-state index in [1.54, 1.807) is 0 Å². The van der Waals surface area contributed by atoms with E-state index in [1.165, 1.54) is 0 Å². The van der Waals surface area contributed by atoms with Gasteiger partial charge in [0.25, 0.3) is 5.91 Å². The number of hydrogen-bond acceptors (Lipinski definition) is 3. The number of fused-ring (bicyclic) bond motifs is 1. The molecule has 162 valence electrons. The second-order valence-electron chi connectivity index (χ2n) is 8.26. The molecule has 0 spiro atoms. The lowest BCUT2D eigenvalue weighted by Crippen LogP contribution is -2.49. The van der Waals surface area contributed by atoms with Gasteiger partial charge in [0.15, 0.2) is 0 Å². The van der Waals surface area contributed by atoms with E-state index >= 15 is 0 Å². The first-order valence-electron chi connectivity index (χ1n) is 11.3. The van der Waals surface area contributed by atoms with Crippen LogP contribution in [0.5, 0.6) is 5.75 Å². The molecule has 1 aromatic carbocycles. The summed E-state index contributed by atoms with van der Waals surface area (Å²) in [6, 6.07) is 7.46. The van der Waals surface area contributed by atoms with Crippen molar-refractivity contribution in [3.8, 4) is 5.75 Å². The van der Waals surface area contributed by atoms with Crippen molar-refractivity contribution >= 4 is 11.8 Å². The molecule has 1 atom stereocenters. The summed E-state index contributed by atoms with van der Waals surface area (Å²) in [6.45, 7) is 12.9. The minimum absolute atomic E-state index is 0.00652. The molecule has 0 unspecified atom stereocenters. The summed E-state index contributed by atoms with van der Waals surface area (Å²) in [4.78, 5) is 30.3. The molecule has 0 aliphatic carbocycles. The third-order valence-electron chi connectivity index (χ3n) is 6.06. The van der Waals surface area contributed by atoms with Gasteiger partial charge >= 0.3 is 0 Å². The van der Waals surface area contributed by atoms with Crippen molar-refractivity contribution in [2.75, 3.05) is 26.2 Å². The van der Waals surface area contributed by atoms with Crippen LogP contribution in [0.1, 0.15) is 70.7 Å². The number of rotatable bonds is 5. The fraction of sp³-hybridized carbons (Fsp3) is 0.667. The summed E-state index contributed by atoms with van der Waals surface area (Å²) in [5.74, 6) is 1.20. The van der Waals surface area contributed by atoms with Gasteiger partial charge in [-0.1, -0.05) is 39.8 Å². The SMILES string of the molecule is CCC(CC)C(=O)N1CCCCN(CC)C(=O)c2ccccc2OC[C@@H]1C(C)C. The first-order chi connectivity index (χ1) is 13.9. The Morgan fingerprint density at radius 2 is 1.76 bits per heavy atom. The van der Waals surface area contributed by atoms with Gasteiger partial charge in [-0.3, -0.25) is 9.59 Å². The van der Waals surface area contributed by atoms with E-state index in [1.807, 2.05) is 36.1 Å². The third-order valence-corrected chi connectivity index (χ3v) is 6.06. The molecule has 0 saturated heterocycles.